The summed E-state index contributed by atoms with van der Waals surface area (Å²) in [6.07, 6.45) is 3.43. The lowest BCUT2D eigenvalue weighted by Crippen LogP contribution is -2.30. The van der Waals surface area contributed by atoms with Crippen LogP contribution in [0.4, 0.5) is 16.0 Å². The van der Waals surface area contributed by atoms with Crippen LogP contribution in [0, 0.1) is 5.82 Å². The molecular formula is C15H14FN5O6S2. The molecule has 1 aromatic heterocycles. The van der Waals surface area contributed by atoms with Crippen LogP contribution in [0.1, 0.15) is 12.8 Å². The maximum absolute atomic E-state index is 15.1. The SMILES string of the molecule is O=C1CN(c2c(O)ccc(-c3cnc(NS(=O)(=O)C4CC4)nc3)c2F)S(=O)(=O)N1. The number of phenolic OH excluding ortho intramolecular Hbond substituents is 1. The number of aromatic nitrogens is 2. The van der Waals surface area contributed by atoms with Crippen LogP contribution in [0.25, 0.3) is 11.1 Å². The van der Waals surface area contributed by atoms with Crippen molar-refractivity contribution in [1.82, 2.24) is 14.7 Å². The van der Waals surface area contributed by atoms with Gasteiger partial charge in [-0.25, -0.2) is 31.8 Å². The lowest BCUT2D eigenvalue weighted by atomic mass is 10.1. The van der Waals surface area contributed by atoms with Crippen LogP contribution in [0.5, 0.6) is 5.75 Å². The van der Waals surface area contributed by atoms with Crippen molar-refractivity contribution < 1.29 is 31.1 Å². The number of rotatable bonds is 5. The Morgan fingerprint density at radius 3 is 2.45 bits per heavy atom. The molecule has 2 fully saturated rings. The number of hydrogen-bond donors (Lipinski definition) is 3. The highest BCUT2D eigenvalue weighted by atomic mass is 32.2. The number of nitrogens with one attached hydrogen (secondary N) is 2. The third kappa shape index (κ3) is 3.55. The molecular weight excluding hydrogens is 429 g/mol. The van der Waals surface area contributed by atoms with Crippen molar-refractivity contribution in [3.05, 3.63) is 30.3 Å². The van der Waals surface area contributed by atoms with Gasteiger partial charge in [-0.05, 0) is 25.0 Å². The van der Waals surface area contributed by atoms with E-state index in [1.807, 2.05) is 0 Å². The predicted octanol–water partition coefficient (Wildman–Crippen LogP) is 0.0734. The Kier molecular flexibility index (Phi) is 4.34. The summed E-state index contributed by atoms with van der Waals surface area (Å²) < 4.78 is 67.2. The highest BCUT2D eigenvalue weighted by Gasteiger charge is 2.38. The smallest absolute Gasteiger partial charge is 0.326 e. The van der Waals surface area contributed by atoms with Crippen molar-refractivity contribution in [3.63, 3.8) is 0 Å². The third-order valence-electron chi connectivity index (χ3n) is 4.32. The first kappa shape index (κ1) is 19.3. The Morgan fingerprint density at radius 1 is 1.24 bits per heavy atom. The fraction of sp³-hybridized carbons (Fsp3) is 0.267. The Bertz CT molecular complexity index is 1210. The summed E-state index contributed by atoms with van der Waals surface area (Å²) >= 11 is 0. The van der Waals surface area contributed by atoms with Crippen molar-refractivity contribution >= 4 is 37.8 Å². The topological polar surface area (TPSA) is 159 Å². The number of carbonyl (C=O) groups excluding carboxylic acids is 1. The molecule has 29 heavy (non-hydrogen) atoms. The van der Waals surface area contributed by atoms with Crippen molar-refractivity contribution in [3.8, 4) is 16.9 Å². The molecule has 1 aliphatic carbocycles. The summed E-state index contributed by atoms with van der Waals surface area (Å²) in [7, 11) is -7.90. The van der Waals surface area contributed by atoms with Crippen LogP contribution in [-0.2, 0) is 25.0 Å². The van der Waals surface area contributed by atoms with E-state index < -0.39 is 55.2 Å². The maximum atomic E-state index is 15.1. The van der Waals surface area contributed by atoms with E-state index in [2.05, 4.69) is 14.7 Å². The quantitative estimate of drug-likeness (QED) is 0.586. The number of carbonyl (C=O) groups is 1. The zero-order valence-electron chi connectivity index (χ0n) is 14.5. The van der Waals surface area contributed by atoms with Crippen LogP contribution in [0.2, 0.25) is 0 Å². The third-order valence-corrected chi connectivity index (χ3v) is 7.52. The Hall–Kier alpha value is -3.00. The van der Waals surface area contributed by atoms with Gasteiger partial charge >= 0.3 is 10.2 Å². The number of halogens is 1. The normalized spacial score (nSPS) is 18.5. The number of aromatic hydroxyl groups is 1. The van der Waals surface area contributed by atoms with Gasteiger partial charge in [0.15, 0.2) is 5.82 Å². The van der Waals surface area contributed by atoms with E-state index in [4.69, 9.17) is 0 Å². The first-order valence-electron chi connectivity index (χ1n) is 8.27. The van der Waals surface area contributed by atoms with Gasteiger partial charge in [0.1, 0.15) is 18.0 Å². The molecule has 2 heterocycles. The summed E-state index contributed by atoms with van der Waals surface area (Å²) in [6.45, 7) is -0.686. The van der Waals surface area contributed by atoms with Crippen LogP contribution in [0.15, 0.2) is 24.5 Å². The zero-order chi connectivity index (χ0) is 21.0. The van der Waals surface area contributed by atoms with Crippen molar-refractivity contribution in [2.24, 2.45) is 0 Å². The van der Waals surface area contributed by atoms with E-state index in [0.717, 1.165) is 18.5 Å². The second-order valence-electron chi connectivity index (χ2n) is 6.47. The largest absolute Gasteiger partial charge is 0.506 e. The minimum atomic E-state index is -4.34. The van der Waals surface area contributed by atoms with Crippen molar-refractivity contribution in [2.45, 2.75) is 18.1 Å². The van der Waals surface area contributed by atoms with Gasteiger partial charge in [0.05, 0.1) is 5.25 Å². The molecule has 1 saturated carbocycles. The Balaban J connectivity index is 1.68. The Morgan fingerprint density at radius 2 is 1.90 bits per heavy atom. The molecule has 2 aromatic rings. The molecule has 0 bridgehead atoms. The standard InChI is InChI=1S/C15H14FN5O6S2/c16-13-10(3-4-11(22)14(13)21-7-12(23)19-29(21,26)27)8-5-17-15(18-6-8)20-28(24,25)9-1-2-9/h3-6,9,22H,1-2,7H2,(H,19,23)(H,17,18,20). The molecule has 14 heteroatoms. The molecule has 1 aromatic carbocycles. The number of anilines is 2. The molecule has 1 amide bonds. The number of amides is 1. The van der Waals surface area contributed by atoms with Gasteiger partial charge < -0.3 is 5.11 Å². The van der Waals surface area contributed by atoms with Crippen LogP contribution < -0.4 is 13.7 Å². The van der Waals surface area contributed by atoms with Gasteiger partial charge in [-0.2, -0.15) is 8.42 Å². The molecule has 1 aliphatic heterocycles. The van der Waals surface area contributed by atoms with E-state index in [1.54, 1.807) is 4.72 Å². The molecule has 2 aliphatic rings. The summed E-state index contributed by atoms with van der Waals surface area (Å²) in [5.41, 5.74) is -0.739. The molecule has 0 radical (unpaired) electrons. The number of hydrogen-bond acceptors (Lipinski definition) is 8. The minimum Gasteiger partial charge on any atom is -0.506 e. The number of phenols is 1. The number of nitrogens with zero attached hydrogens (tertiary/aromatic N) is 3. The van der Waals surface area contributed by atoms with Crippen LogP contribution in [-0.4, -0.2) is 49.6 Å². The highest BCUT2D eigenvalue weighted by Crippen LogP contribution is 2.38. The summed E-state index contributed by atoms with van der Waals surface area (Å²) in [5, 5.41) is 9.51. The molecule has 0 spiro atoms. The molecule has 3 N–H and O–H groups in total. The van der Waals surface area contributed by atoms with Gasteiger partial charge in [-0.3, -0.25) is 9.52 Å². The van der Waals surface area contributed by atoms with E-state index >= 15 is 4.39 Å². The zero-order valence-corrected chi connectivity index (χ0v) is 16.2. The van der Waals surface area contributed by atoms with Gasteiger partial charge in [0, 0.05) is 23.5 Å². The predicted molar refractivity (Wildman–Crippen MR) is 99.1 cm³/mol. The summed E-state index contributed by atoms with van der Waals surface area (Å²) in [5.74, 6) is -2.84. The average Bonchev–Trinajstić information content (AvgIpc) is 3.43. The molecule has 1 saturated heterocycles. The molecule has 11 nitrogen and oxygen atoms in total. The van der Waals surface area contributed by atoms with E-state index in [-0.39, 0.29) is 17.1 Å². The van der Waals surface area contributed by atoms with Gasteiger partial charge in [0.25, 0.3) is 5.91 Å². The fourth-order valence-corrected chi connectivity index (χ4v) is 5.22. The first-order chi connectivity index (χ1) is 13.6. The van der Waals surface area contributed by atoms with Gasteiger partial charge in [0.2, 0.25) is 16.0 Å². The number of sulfonamides is 1. The monoisotopic (exact) mass is 443 g/mol. The first-order valence-corrected chi connectivity index (χ1v) is 11.3. The highest BCUT2D eigenvalue weighted by molar-refractivity contribution is 7.93. The molecule has 0 unspecified atom stereocenters. The average molecular weight is 443 g/mol. The molecule has 4 rings (SSSR count). The lowest BCUT2D eigenvalue weighted by molar-refractivity contribution is -0.117. The van der Waals surface area contributed by atoms with Gasteiger partial charge in [-0.15, -0.1) is 0 Å². The number of benzene rings is 1. The Labute approximate surface area is 164 Å². The summed E-state index contributed by atoms with van der Waals surface area (Å²) in [4.78, 5) is 19.1. The lowest BCUT2D eigenvalue weighted by Gasteiger charge is -2.18. The fourth-order valence-electron chi connectivity index (χ4n) is 2.77. The second kappa shape index (κ2) is 6.52. The van der Waals surface area contributed by atoms with E-state index in [1.165, 1.54) is 6.07 Å². The van der Waals surface area contributed by atoms with Crippen molar-refractivity contribution in [2.75, 3.05) is 15.6 Å². The minimum absolute atomic E-state index is 0.106. The second-order valence-corrected chi connectivity index (χ2v) is 10.0. The van der Waals surface area contributed by atoms with Crippen LogP contribution >= 0.6 is 0 Å². The van der Waals surface area contributed by atoms with Crippen LogP contribution in [0.3, 0.4) is 0 Å². The molecule has 154 valence electrons. The summed E-state index contributed by atoms with van der Waals surface area (Å²) in [6, 6.07) is 2.24. The maximum Gasteiger partial charge on any atom is 0.326 e. The molecule has 0 atom stereocenters. The van der Waals surface area contributed by atoms with E-state index in [9.17, 15) is 26.7 Å². The van der Waals surface area contributed by atoms with Crippen molar-refractivity contribution in [1.29, 1.82) is 0 Å². The van der Waals surface area contributed by atoms with E-state index in [0.29, 0.717) is 17.1 Å². The van der Waals surface area contributed by atoms with Gasteiger partial charge in [-0.1, -0.05) is 0 Å².